The number of benzene rings is 2. The van der Waals surface area contributed by atoms with Crippen LogP contribution in [0, 0.1) is 12.7 Å². The van der Waals surface area contributed by atoms with Crippen molar-refractivity contribution in [1.82, 2.24) is 10.4 Å². The molecule has 2 amide bonds. The maximum atomic E-state index is 13.4. The van der Waals surface area contributed by atoms with Crippen molar-refractivity contribution in [3.05, 3.63) is 58.9 Å². The van der Waals surface area contributed by atoms with Crippen LogP contribution in [0.5, 0.6) is 11.5 Å². The number of ether oxygens (including phenoxy) is 2. The summed E-state index contributed by atoms with van der Waals surface area (Å²) in [6.07, 6.45) is 0. The maximum Gasteiger partial charge on any atom is 0.273 e. The van der Waals surface area contributed by atoms with E-state index in [0.717, 1.165) is 12.1 Å². The van der Waals surface area contributed by atoms with Crippen molar-refractivity contribution in [3.8, 4) is 11.5 Å². The first-order valence-electron chi connectivity index (χ1n) is 8.72. The number of hydrazine groups is 1. The zero-order valence-corrected chi connectivity index (χ0v) is 16.9. The summed E-state index contributed by atoms with van der Waals surface area (Å²) in [7, 11) is 2.87. The molecule has 0 radical (unpaired) electrons. The van der Waals surface area contributed by atoms with E-state index in [4.69, 9.17) is 9.47 Å². The molecule has 2 aromatic carbocycles. The highest BCUT2D eigenvalue weighted by Gasteiger charge is 2.31. The van der Waals surface area contributed by atoms with Crippen molar-refractivity contribution in [3.63, 3.8) is 0 Å². The molecule has 6 nitrogen and oxygen atoms in total. The van der Waals surface area contributed by atoms with Crippen LogP contribution < -0.4 is 14.9 Å². The van der Waals surface area contributed by atoms with Crippen LogP contribution in [0.1, 0.15) is 47.1 Å². The highest BCUT2D eigenvalue weighted by Crippen LogP contribution is 2.25. The standard InChI is InChI=1S/C21H25FN2O4/c1-13-15(8-7-9-17(13)27-5)20(26)24(21(2,3)4)23-19(25)16-11-10-14(22)12-18(16)28-6/h7-12H,1-6H3,(H,23,25). The number of methoxy groups -OCH3 is 2. The van der Waals surface area contributed by atoms with Gasteiger partial charge in [0.05, 0.1) is 25.3 Å². The van der Waals surface area contributed by atoms with E-state index in [1.54, 1.807) is 45.9 Å². The Hall–Kier alpha value is -3.09. The van der Waals surface area contributed by atoms with Crippen LogP contribution in [0.4, 0.5) is 4.39 Å². The van der Waals surface area contributed by atoms with Gasteiger partial charge >= 0.3 is 0 Å². The maximum absolute atomic E-state index is 13.4. The number of carbonyl (C=O) groups excluding carboxylic acids is 2. The number of hydrogen-bond acceptors (Lipinski definition) is 4. The Morgan fingerprint density at radius 1 is 1.00 bits per heavy atom. The minimum absolute atomic E-state index is 0.0800. The van der Waals surface area contributed by atoms with Gasteiger partial charge < -0.3 is 9.47 Å². The smallest absolute Gasteiger partial charge is 0.273 e. The third-order valence-electron chi connectivity index (χ3n) is 4.23. The molecule has 2 rings (SSSR count). The van der Waals surface area contributed by atoms with E-state index in [1.807, 2.05) is 0 Å². The van der Waals surface area contributed by atoms with Crippen molar-refractivity contribution in [1.29, 1.82) is 0 Å². The summed E-state index contributed by atoms with van der Waals surface area (Å²) in [6.45, 7) is 7.16. The molecule has 0 saturated carbocycles. The lowest BCUT2D eigenvalue weighted by Gasteiger charge is -2.36. The van der Waals surface area contributed by atoms with E-state index in [2.05, 4.69) is 5.43 Å². The average Bonchev–Trinajstić information content (AvgIpc) is 2.64. The first-order valence-corrected chi connectivity index (χ1v) is 8.72. The van der Waals surface area contributed by atoms with E-state index in [-0.39, 0.29) is 11.3 Å². The second-order valence-corrected chi connectivity index (χ2v) is 7.23. The van der Waals surface area contributed by atoms with Gasteiger partial charge in [0, 0.05) is 17.2 Å². The lowest BCUT2D eigenvalue weighted by molar-refractivity contribution is 0.0356. The summed E-state index contributed by atoms with van der Waals surface area (Å²) >= 11 is 0. The minimum Gasteiger partial charge on any atom is -0.496 e. The summed E-state index contributed by atoms with van der Waals surface area (Å²) in [4.78, 5) is 26.0. The highest BCUT2D eigenvalue weighted by molar-refractivity contribution is 6.01. The average molecular weight is 388 g/mol. The van der Waals surface area contributed by atoms with Crippen LogP contribution in [-0.2, 0) is 0 Å². The molecule has 0 unspecified atom stereocenters. The number of nitrogens with one attached hydrogen (secondary N) is 1. The zero-order valence-electron chi connectivity index (χ0n) is 16.9. The fourth-order valence-corrected chi connectivity index (χ4v) is 2.73. The van der Waals surface area contributed by atoms with Gasteiger partial charge in [-0.15, -0.1) is 0 Å². The largest absolute Gasteiger partial charge is 0.496 e. The van der Waals surface area contributed by atoms with Crippen molar-refractivity contribution in [2.45, 2.75) is 33.2 Å². The Morgan fingerprint density at radius 3 is 2.21 bits per heavy atom. The SMILES string of the molecule is COc1cc(F)ccc1C(=O)NN(C(=O)c1cccc(OC)c1C)C(C)(C)C. The molecule has 150 valence electrons. The first kappa shape index (κ1) is 21.2. The molecular weight excluding hydrogens is 363 g/mol. The predicted octanol–water partition coefficient (Wildman–Crippen LogP) is 3.74. The first-order chi connectivity index (χ1) is 13.1. The second-order valence-electron chi connectivity index (χ2n) is 7.23. The van der Waals surface area contributed by atoms with Gasteiger partial charge in [0.2, 0.25) is 0 Å². The topological polar surface area (TPSA) is 67.9 Å². The Morgan fingerprint density at radius 2 is 1.64 bits per heavy atom. The highest BCUT2D eigenvalue weighted by atomic mass is 19.1. The van der Waals surface area contributed by atoms with Crippen LogP contribution in [0.2, 0.25) is 0 Å². The van der Waals surface area contributed by atoms with Crippen LogP contribution in [0.3, 0.4) is 0 Å². The molecule has 0 saturated heterocycles. The van der Waals surface area contributed by atoms with Crippen molar-refractivity contribution in [2.24, 2.45) is 0 Å². The molecule has 2 aromatic rings. The van der Waals surface area contributed by atoms with Gasteiger partial charge in [-0.25, -0.2) is 9.40 Å². The van der Waals surface area contributed by atoms with Crippen LogP contribution in [0.25, 0.3) is 0 Å². The third kappa shape index (κ3) is 4.42. The number of nitrogens with zero attached hydrogens (tertiary/aromatic N) is 1. The Kier molecular flexibility index (Phi) is 6.28. The molecule has 0 aliphatic rings. The normalized spacial score (nSPS) is 11.0. The molecule has 0 aliphatic heterocycles. The summed E-state index contributed by atoms with van der Waals surface area (Å²) < 4.78 is 23.8. The van der Waals surface area contributed by atoms with Gasteiger partial charge in [-0.1, -0.05) is 6.07 Å². The third-order valence-corrected chi connectivity index (χ3v) is 4.23. The number of rotatable bonds is 4. The number of amides is 2. The van der Waals surface area contributed by atoms with Crippen LogP contribution >= 0.6 is 0 Å². The van der Waals surface area contributed by atoms with Gasteiger partial charge in [0.15, 0.2) is 0 Å². The van der Waals surface area contributed by atoms with Crippen molar-refractivity contribution in [2.75, 3.05) is 14.2 Å². The summed E-state index contributed by atoms with van der Waals surface area (Å²) in [5, 5.41) is 1.25. The molecule has 0 spiro atoms. The summed E-state index contributed by atoms with van der Waals surface area (Å²) in [5.41, 5.74) is 3.09. The Bertz CT molecular complexity index is 890. The Labute approximate surface area is 164 Å². The molecule has 0 aliphatic carbocycles. The van der Waals surface area contributed by atoms with Gasteiger partial charge in [-0.3, -0.25) is 15.0 Å². The lowest BCUT2D eigenvalue weighted by Crippen LogP contribution is -2.56. The molecule has 1 N–H and O–H groups in total. The van der Waals surface area contributed by atoms with E-state index in [0.29, 0.717) is 16.9 Å². The van der Waals surface area contributed by atoms with Crippen molar-refractivity contribution < 1.29 is 23.5 Å². The van der Waals surface area contributed by atoms with E-state index in [9.17, 15) is 14.0 Å². The number of carbonyl (C=O) groups is 2. The predicted molar refractivity (Wildman–Crippen MR) is 104 cm³/mol. The van der Waals surface area contributed by atoms with Gasteiger partial charge in [0.25, 0.3) is 11.8 Å². The zero-order chi connectivity index (χ0) is 21.1. The summed E-state index contributed by atoms with van der Waals surface area (Å²) in [5.74, 6) is -0.842. The van der Waals surface area contributed by atoms with Crippen LogP contribution in [-0.4, -0.2) is 36.6 Å². The molecule has 0 heterocycles. The summed E-state index contributed by atoms with van der Waals surface area (Å²) in [6, 6.07) is 8.73. The Balaban J connectivity index is 2.41. The molecular formula is C21H25FN2O4. The number of halogens is 1. The van der Waals surface area contributed by atoms with Crippen molar-refractivity contribution >= 4 is 11.8 Å². The fraction of sp³-hybridized carbons (Fsp3) is 0.333. The van der Waals surface area contributed by atoms with Gasteiger partial charge in [-0.2, -0.15) is 0 Å². The van der Waals surface area contributed by atoms with Gasteiger partial charge in [-0.05, 0) is 52.0 Å². The monoisotopic (exact) mass is 388 g/mol. The molecule has 0 bridgehead atoms. The minimum atomic E-state index is -0.727. The lowest BCUT2D eigenvalue weighted by atomic mass is 10.0. The molecule has 0 atom stereocenters. The second kappa shape index (κ2) is 8.29. The number of hydrogen-bond donors (Lipinski definition) is 1. The van der Waals surface area contributed by atoms with Crippen LogP contribution in [0.15, 0.2) is 36.4 Å². The van der Waals surface area contributed by atoms with E-state index >= 15 is 0 Å². The van der Waals surface area contributed by atoms with E-state index in [1.165, 1.54) is 25.3 Å². The molecule has 0 fully saturated rings. The molecule has 7 heteroatoms. The quantitative estimate of drug-likeness (QED) is 0.811. The van der Waals surface area contributed by atoms with Gasteiger partial charge in [0.1, 0.15) is 17.3 Å². The molecule has 28 heavy (non-hydrogen) atoms. The molecule has 0 aromatic heterocycles. The fourth-order valence-electron chi connectivity index (χ4n) is 2.73. The van der Waals surface area contributed by atoms with E-state index < -0.39 is 23.2 Å².